The molecular weight excluding hydrogens is 366 g/mol. The van der Waals surface area contributed by atoms with Gasteiger partial charge in [0.2, 0.25) is 5.91 Å². The van der Waals surface area contributed by atoms with Crippen molar-refractivity contribution in [1.29, 1.82) is 0 Å². The van der Waals surface area contributed by atoms with Crippen molar-refractivity contribution in [2.24, 2.45) is 0 Å². The van der Waals surface area contributed by atoms with E-state index in [2.05, 4.69) is 5.32 Å². The number of carbonyl (C=O) groups is 2. The molecule has 2 amide bonds. The van der Waals surface area contributed by atoms with E-state index in [4.69, 9.17) is 4.74 Å². The second-order valence-electron chi connectivity index (χ2n) is 6.67. The molecule has 2 aromatic rings. The number of halogens is 2. The van der Waals surface area contributed by atoms with E-state index in [-0.39, 0.29) is 29.8 Å². The fourth-order valence-corrected chi connectivity index (χ4v) is 2.58. The third kappa shape index (κ3) is 5.77. The number of amides is 2. The monoisotopic (exact) mass is 390 g/mol. The quantitative estimate of drug-likeness (QED) is 0.753. The second-order valence-corrected chi connectivity index (χ2v) is 6.67. The molecule has 7 heteroatoms. The Morgan fingerprint density at radius 1 is 1.00 bits per heavy atom. The van der Waals surface area contributed by atoms with Crippen molar-refractivity contribution in [3.8, 4) is 5.75 Å². The van der Waals surface area contributed by atoms with Gasteiger partial charge >= 0.3 is 0 Å². The summed E-state index contributed by atoms with van der Waals surface area (Å²) in [4.78, 5) is 26.4. The molecule has 0 bridgehead atoms. The summed E-state index contributed by atoms with van der Waals surface area (Å²) in [6.07, 6.45) is 0. The third-order valence-electron chi connectivity index (χ3n) is 4.08. The summed E-state index contributed by atoms with van der Waals surface area (Å²) in [7, 11) is 0. The molecule has 28 heavy (non-hydrogen) atoms. The Hall–Kier alpha value is -2.96. The average Bonchev–Trinajstić information content (AvgIpc) is 2.65. The maximum atomic E-state index is 14.1. The van der Waals surface area contributed by atoms with Crippen LogP contribution in [0.15, 0.2) is 48.5 Å². The summed E-state index contributed by atoms with van der Waals surface area (Å²) in [5.41, 5.74) is 0.269. The van der Waals surface area contributed by atoms with Crippen molar-refractivity contribution in [1.82, 2.24) is 10.2 Å². The highest BCUT2D eigenvalue weighted by Crippen LogP contribution is 2.17. The molecule has 2 rings (SSSR count). The van der Waals surface area contributed by atoms with E-state index < -0.39 is 30.2 Å². The van der Waals surface area contributed by atoms with Gasteiger partial charge in [-0.3, -0.25) is 9.59 Å². The van der Waals surface area contributed by atoms with E-state index in [0.29, 0.717) is 0 Å². The molecule has 1 atom stereocenters. The summed E-state index contributed by atoms with van der Waals surface area (Å²) >= 11 is 0. The van der Waals surface area contributed by atoms with Crippen LogP contribution in [0.4, 0.5) is 8.78 Å². The van der Waals surface area contributed by atoms with Gasteiger partial charge in [-0.2, -0.15) is 0 Å². The Morgan fingerprint density at radius 2 is 1.61 bits per heavy atom. The molecule has 5 nitrogen and oxygen atoms in total. The first-order valence-corrected chi connectivity index (χ1v) is 9.00. The molecule has 0 aliphatic carbocycles. The Bertz CT molecular complexity index is 827. The highest BCUT2D eigenvalue weighted by molar-refractivity contribution is 5.88. The van der Waals surface area contributed by atoms with Gasteiger partial charge in [-0.1, -0.05) is 30.3 Å². The van der Waals surface area contributed by atoms with Crippen molar-refractivity contribution in [3.05, 3.63) is 65.7 Å². The number of nitrogens with one attached hydrogen (secondary N) is 1. The lowest BCUT2D eigenvalue weighted by Crippen LogP contribution is -2.50. The zero-order valence-corrected chi connectivity index (χ0v) is 16.1. The van der Waals surface area contributed by atoms with Crippen molar-refractivity contribution >= 4 is 11.8 Å². The predicted octanol–water partition coefficient (Wildman–Crippen LogP) is 3.29. The number of benzene rings is 2. The van der Waals surface area contributed by atoms with Gasteiger partial charge in [0, 0.05) is 18.2 Å². The van der Waals surface area contributed by atoms with E-state index in [1.165, 1.54) is 29.2 Å². The molecule has 0 saturated heterocycles. The first-order valence-electron chi connectivity index (χ1n) is 9.00. The highest BCUT2D eigenvalue weighted by atomic mass is 19.1. The van der Waals surface area contributed by atoms with Crippen LogP contribution in [0.5, 0.6) is 5.75 Å². The van der Waals surface area contributed by atoms with Crippen LogP contribution in [0, 0.1) is 11.6 Å². The van der Waals surface area contributed by atoms with Crippen LogP contribution in [-0.4, -0.2) is 35.4 Å². The molecule has 1 N–H and O–H groups in total. The number of ether oxygens (including phenoxy) is 1. The largest absolute Gasteiger partial charge is 0.481 e. The number of rotatable bonds is 8. The molecule has 0 aliphatic heterocycles. The minimum Gasteiger partial charge on any atom is -0.481 e. The van der Waals surface area contributed by atoms with Gasteiger partial charge in [0.25, 0.3) is 5.91 Å². The molecule has 2 aromatic carbocycles. The average molecular weight is 390 g/mol. The molecular formula is C21H24F2N2O3. The summed E-state index contributed by atoms with van der Waals surface area (Å²) in [5.74, 6) is -2.07. The lowest BCUT2D eigenvalue weighted by Gasteiger charge is -2.29. The summed E-state index contributed by atoms with van der Waals surface area (Å²) in [6.45, 7) is 4.57. The fraction of sp³-hybridized carbons (Fsp3) is 0.333. The fourth-order valence-electron chi connectivity index (χ4n) is 2.58. The number of para-hydroxylation sites is 1. The molecule has 0 heterocycles. The van der Waals surface area contributed by atoms with E-state index in [1.54, 1.807) is 45.0 Å². The van der Waals surface area contributed by atoms with Crippen LogP contribution in [0.3, 0.4) is 0 Å². The second kappa shape index (κ2) is 9.82. The normalized spacial score (nSPS) is 11.8. The predicted molar refractivity (Wildman–Crippen MR) is 102 cm³/mol. The number of hydrogen-bond acceptors (Lipinski definition) is 3. The zero-order valence-electron chi connectivity index (χ0n) is 16.1. The van der Waals surface area contributed by atoms with E-state index >= 15 is 0 Å². The number of carbonyl (C=O) groups excluding carboxylic acids is 2. The summed E-state index contributed by atoms with van der Waals surface area (Å²) < 4.78 is 33.0. The minimum atomic E-state index is -0.862. The van der Waals surface area contributed by atoms with Gasteiger partial charge in [0.15, 0.2) is 18.2 Å². The van der Waals surface area contributed by atoms with Crippen molar-refractivity contribution < 1.29 is 23.1 Å². The molecule has 0 fully saturated rings. The topological polar surface area (TPSA) is 58.6 Å². The summed E-state index contributed by atoms with van der Waals surface area (Å²) in [5, 5.41) is 2.73. The lowest BCUT2D eigenvalue weighted by molar-refractivity contribution is -0.142. The van der Waals surface area contributed by atoms with Gasteiger partial charge in [-0.25, -0.2) is 8.78 Å². The highest BCUT2D eigenvalue weighted by Gasteiger charge is 2.27. The smallest absolute Gasteiger partial charge is 0.261 e. The molecule has 0 spiro atoms. The van der Waals surface area contributed by atoms with Crippen LogP contribution >= 0.6 is 0 Å². The SMILES string of the molecule is CC(C)NC(=O)C(C)N(Cc1ccccc1F)C(=O)COc1ccccc1F. The molecule has 1 unspecified atom stereocenters. The Morgan fingerprint density at radius 3 is 2.21 bits per heavy atom. The molecule has 0 aromatic heterocycles. The zero-order chi connectivity index (χ0) is 20.7. The summed E-state index contributed by atoms with van der Waals surface area (Å²) in [6, 6.07) is 10.7. The lowest BCUT2D eigenvalue weighted by atomic mass is 10.1. The number of hydrogen-bond donors (Lipinski definition) is 1. The standard InChI is InChI=1S/C21H24F2N2O3/c1-14(2)24-21(27)15(3)25(12-16-8-4-5-9-17(16)22)20(26)13-28-19-11-7-6-10-18(19)23/h4-11,14-15H,12-13H2,1-3H3,(H,24,27). The van der Waals surface area contributed by atoms with Crippen LogP contribution in [0.2, 0.25) is 0 Å². The molecule has 0 aliphatic rings. The minimum absolute atomic E-state index is 0.0685. The van der Waals surface area contributed by atoms with Crippen LogP contribution < -0.4 is 10.1 Å². The Balaban J connectivity index is 2.18. The third-order valence-corrected chi connectivity index (χ3v) is 4.08. The van der Waals surface area contributed by atoms with E-state index in [0.717, 1.165) is 0 Å². The maximum Gasteiger partial charge on any atom is 0.261 e. The Labute approximate surface area is 163 Å². The van der Waals surface area contributed by atoms with Gasteiger partial charge in [0.05, 0.1) is 0 Å². The first kappa shape index (κ1) is 21.3. The van der Waals surface area contributed by atoms with Crippen molar-refractivity contribution in [2.45, 2.75) is 39.4 Å². The van der Waals surface area contributed by atoms with Crippen LogP contribution in [0.25, 0.3) is 0 Å². The van der Waals surface area contributed by atoms with E-state index in [9.17, 15) is 18.4 Å². The van der Waals surface area contributed by atoms with Gasteiger partial charge in [0.1, 0.15) is 11.9 Å². The van der Waals surface area contributed by atoms with Crippen molar-refractivity contribution in [2.75, 3.05) is 6.61 Å². The van der Waals surface area contributed by atoms with Gasteiger partial charge in [-0.15, -0.1) is 0 Å². The van der Waals surface area contributed by atoms with E-state index in [1.807, 2.05) is 0 Å². The molecule has 0 radical (unpaired) electrons. The number of nitrogens with zero attached hydrogens (tertiary/aromatic N) is 1. The van der Waals surface area contributed by atoms with Crippen LogP contribution in [-0.2, 0) is 16.1 Å². The van der Waals surface area contributed by atoms with Crippen LogP contribution in [0.1, 0.15) is 26.3 Å². The van der Waals surface area contributed by atoms with Crippen molar-refractivity contribution in [3.63, 3.8) is 0 Å². The Kier molecular flexibility index (Phi) is 7.49. The van der Waals surface area contributed by atoms with Gasteiger partial charge in [-0.05, 0) is 39.0 Å². The first-order chi connectivity index (χ1) is 13.3. The molecule has 150 valence electrons. The van der Waals surface area contributed by atoms with Gasteiger partial charge < -0.3 is 15.0 Å². The maximum absolute atomic E-state index is 14.1. The molecule has 0 saturated carbocycles.